The standard InChI is InChI=1S/C11H15N3O2/c1-5-11(2,3)12-7-9-8(10(15)16)6-13-14(9)4/h1,6,12H,7H2,2-4H3,(H,15,16). The summed E-state index contributed by atoms with van der Waals surface area (Å²) in [6, 6.07) is 0. The number of aromatic nitrogens is 2. The SMILES string of the molecule is C#CC(C)(C)NCc1c(C(=O)O)cnn1C. The number of rotatable bonds is 4. The Labute approximate surface area is 94.5 Å². The Morgan fingerprint density at radius 3 is 2.88 bits per heavy atom. The number of aromatic carboxylic acids is 1. The van der Waals surface area contributed by atoms with Crippen molar-refractivity contribution in [3.05, 3.63) is 17.5 Å². The fraction of sp³-hybridized carbons (Fsp3) is 0.455. The second kappa shape index (κ2) is 4.37. The molecule has 0 atom stereocenters. The predicted molar refractivity (Wildman–Crippen MR) is 59.9 cm³/mol. The molecule has 5 heteroatoms. The van der Waals surface area contributed by atoms with Crippen LogP contribution in [0, 0.1) is 12.3 Å². The monoisotopic (exact) mass is 221 g/mol. The van der Waals surface area contributed by atoms with Crippen molar-refractivity contribution >= 4 is 5.97 Å². The highest BCUT2D eigenvalue weighted by molar-refractivity contribution is 5.88. The van der Waals surface area contributed by atoms with Crippen molar-refractivity contribution < 1.29 is 9.90 Å². The summed E-state index contributed by atoms with van der Waals surface area (Å²) in [7, 11) is 1.70. The molecule has 0 aliphatic rings. The van der Waals surface area contributed by atoms with Gasteiger partial charge in [-0.25, -0.2) is 4.79 Å². The van der Waals surface area contributed by atoms with Gasteiger partial charge in [0.1, 0.15) is 5.56 Å². The van der Waals surface area contributed by atoms with E-state index in [-0.39, 0.29) is 5.56 Å². The number of hydrogen-bond acceptors (Lipinski definition) is 3. The topological polar surface area (TPSA) is 67.2 Å². The Bertz CT molecular complexity index is 441. The summed E-state index contributed by atoms with van der Waals surface area (Å²) < 4.78 is 1.53. The molecular formula is C11H15N3O2. The average molecular weight is 221 g/mol. The normalized spacial score (nSPS) is 11.1. The number of nitrogens with one attached hydrogen (secondary N) is 1. The molecule has 86 valence electrons. The average Bonchev–Trinajstić information content (AvgIpc) is 2.57. The van der Waals surface area contributed by atoms with Gasteiger partial charge >= 0.3 is 5.97 Å². The van der Waals surface area contributed by atoms with Crippen LogP contribution in [0.2, 0.25) is 0 Å². The Balaban J connectivity index is 2.86. The fourth-order valence-corrected chi connectivity index (χ4v) is 1.21. The highest BCUT2D eigenvalue weighted by Crippen LogP contribution is 2.09. The van der Waals surface area contributed by atoms with Gasteiger partial charge in [-0.15, -0.1) is 6.42 Å². The Morgan fingerprint density at radius 2 is 2.38 bits per heavy atom. The van der Waals surface area contributed by atoms with Crippen molar-refractivity contribution in [3.8, 4) is 12.3 Å². The smallest absolute Gasteiger partial charge is 0.339 e. The van der Waals surface area contributed by atoms with Crippen LogP contribution in [0.3, 0.4) is 0 Å². The molecule has 0 aromatic carbocycles. The van der Waals surface area contributed by atoms with Gasteiger partial charge in [0.15, 0.2) is 0 Å². The van der Waals surface area contributed by atoms with Crippen LogP contribution in [-0.4, -0.2) is 26.4 Å². The molecule has 0 amide bonds. The van der Waals surface area contributed by atoms with Crippen molar-refractivity contribution in [2.24, 2.45) is 7.05 Å². The maximum Gasteiger partial charge on any atom is 0.339 e. The van der Waals surface area contributed by atoms with Crippen LogP contribution in [0.5, 0.6) is 0 Å². The lowest BCUT2D eigenvalue weighted by Gasteiger charge is -2.19. The van der Waals surface area contributed by atoms with Gasteiger partial charge in [0, 0.05) is 13.6 Å². The van der Waals surface area contributed by atoms with E-state index >= 15 is 0 Å². The number of nitrogens with zero attached hydrogens (tertiary/aromatic N) is 2. The van der Waals surface area contributed by atoms with Gasteiger partial charge in [-0.1, -0.05) is 5.92 Å². The molecule has 0 aliphatic heterocycles. The van der Waals surface area contributed by atoms with E-state index in [0.29, 0.717) is 12.2 Å². The molecule has 5 nitrogen and oxygen atoms in total. The zero-order chi connectivity index (χ0) is 12.3. The van der Waals surface area contributed by atoms with E-state index in [0.717, 1.165) is 0 Å². The highest BCUT2D eigenvalue weighted by atomic mass is 16.4. The number of hydrogen-bond donors (Lipinski definition) is 2. The minimum atomic E-state index is -0.983. The molecule has 0 aliphatic carbocycles. The summed E-state index contributed by atoms with van der Waals surface area (Å²) in [5.74, 6) is 1.60. The third-order valence-corrected chi connectivity index (χ3v) is 2.35. The van der Waals surface area contributed by atoms with E-state index in [1.165, 1.54) is 10.9 Å². The lowest BCUT2D eigenvalue weighted by molar-refractivity contribution is 0.0695. The van der Waals surface area contributed by atoms with Crippen molar-refractivity contribution in [3.63, 3.8) is 0 Å². The van der Waals surface area contributed by atoms with E-state index in [9.17, 15) is 4.79 Å². The van der Waals surface area contributed by atoms with Gasteiger partial charge in [-0.2, -0.15) is 5.10 Å². The molecule has 1 aromatic heterocycles. The van der Waals surface area contributed by atoms with Crippen LogP contribution >= 0.6 is 0 Å². The lowest BCUT2D eigenvalue weighted by atomic mass is 10.1. The zero-order valence-electron chi connectivity index (χ0n) is 9.61. The molecule has 0 unspecified atom stereocenters. The number of carbonyl (C=O) groups is 1. The van der Waals surface area contributed by atoms with E-state index in [2.05, 4.69) is 16.3 Å². The maximum absolute atomic E-state index is 10.9. The van der Waals surface area contributed by atoms with Crippen molar-refractivity contribution in [2.45, 2.75) is 25.9 Å². The highest BCUT2D eigenvalue weighted by Gasteiger charge is 2.18. The third-order valence-electron chi connectivity index (χ3n) is 2.35. The quantitative estimate of drug-likeness (QED) is 0.731. The first kappa shape index (κ1) is 12.3. The molecule has 0 saturated heterocycles. The van der Waals surface area contributed by atoms with Crippen molar-refractivity contribution in [1.82, 2.24) is 15.1 Å². The maximum atomic E-state index is 10.9. The largest absolute Gasteiger partial charge is 0.478 e. The van der Waals surface area contributed by atoms with E-state index in [4.69, 9.17) is 11.5 Å². The van der Waals surface area contributed by atoms with Crippen LogP contribution < -0.4 is 5.32 Å². The van der Waals surface area contributed by atoms with Gasteiger partial charge < -0.3 is 5.11 Å². The second-order valence-corrected chi connectivity index (χ2v) is 4.06. The van der Waals surface area contributed by atoms with Crippen LogP contribution in [0.4, 0.5) is 0 Å². The van der Waals surface area contributed by atoms with E-state index in [1.54, 1.807) is 7.05 Å². The van der Waals surface area contributed by atoms with Crippen LogP contribution in [0.15, 0.2) is 6.20 Å². The summed E-state index contributed by atoms with van der Waals surface area (Å²) in [6.45, 7) is 4.07. The van der Waals surface area contributed by atoms with Gasteiger partial charge in [-0.3, -0.25) is 10.00 Å². The Morgan fingerprint density at radius 1 is 1.75 bits per heavy atom. The molecule has 2 N–H and O–H groups in total. The number of terminal acetylenes is 1. The van der Waals surface area contributed by atoms with Gasteiger partial charge in [-0.05, 0) is 13.8 Å². The van der Waals surface area contributed by atoms with Crippen LogP contribution in [-0.2, 0) is 13.6 Å². The van der Waals surface area contributed by atoms with Crippen LogP contribution in [0.1, 0.15) is 29.9 Å². The van der Waals surface area contributed by atoms with Gasteiger partial charge in [0.05, 0.1) is 17.4 Å². The Kier molecular flexibility index (Phi) is 3.35. The van der Waals surface area contributed by atoms with Gasteiger partial charge in [0.25, 0.3) is 0 Å². The molecule has 1 aromatic rings. The molecule has 0 radical (unpaired) electrons. The second-order valence-electron chi connectivity index (χ2n) is 4.06. The lowest BCUT2D eigenvalue weighted by Crippen LogP contribution is -2.37. The third kappa shape index (κ3) is 2.61. The molecule has 0 bridgehead atoms. The summed E-state index contributed by atoms with van der Waals surface area (Å²) in [6.07, 6.45) is 6.67. The summed E-state index contributed by atoms with van der Waals surface area (Å²) in [4.78, 5) is 10.9. The number of aryl methyl sites for hydroxylation is 1. The van der Waals surface area contributed by atoms with Crippen LogP contribution in [0.25, 0.3) is 0 Å². The van der Waals surface area contributed by atoms with E-state index in [1.807, 2.05) is 13.8 Å². The Hall–Kier alpha value is -1.80. The summed E-state index contributed by atoms with van der Waals surface area (Å²) in [5.41, 5.74) is 0.332. The minimum Gasteiger partial charge on any atom is -0.478 e. The van der Waals surface area contributed by atoms with E-state index < -0.39 is 11.5 Å². The summed E-state index contributed by atoms with van der Waals surface area (Å²) in [5, 5.41) is 15.9. The molecule has 1 heterocycles. The summed E-state index contributed by atoms with van der Waals surface area (Å²) >= 11 is 0. The number of carboxylic acid groups (broad SMARTS) is 1. The van der Waals surface area contributed by atoms with Crippen molar-refractivity contribution in [2.75, 3.05) is 0 Å². The molecule has 0 fully saturated rings. The molecule has 0 saturated carbocycles. The molecule has 16 heavy (non-hydrogen) atoms. The first-order chi connectivity index (χ1) is 7.37. The fourth-order valence-electron chi connectivity index (χ4n) is 1.21. The zero-order valence-corrected chi connectivity index (χ0v) is 9.61. The number of carboxylic acids is 1. The van der Waals surface area contributed by atoms with Gasteiger partial charge in [0.2, 0.25) is 0 Å². The predicted octanol–water partition coefficient (Wildman–Crippen LogP) is 0.620. The van der Waals surface area contributed by atoms with Crippen molar-refractivity contribution in [1.29, 1.82) is 0 Å². The minimum absolute atomic E-state index is 0.197. The molecule has 0 spiro atoms. The molecule has 1 rings (SSSR count). The molecular weight excluding hydrogens is 206 g/mol. The first-order valence-electron chi connectivity index (χ1n) is 4.84. The first-order valence-corrected chi connectivity index (χ1v) is 4.84.